The molecule has 0 aliphatic carbocycles. The molecule has 2 aromatic rings. The Hall–Kier alpha value is -1.78. The van der Waals surface area contributed by atoms with E-state index in [4.69, 9.17) is 9.47 Å². The van der Waals surface area contributed by atoms with Crippen LogP contribution in [0, 0.1) is 0 Å². The van der Waals surface area contributed by atoms with Gasteiger partial charge < -0.3 is 9.47 Å². The zero-order valence-electron chi connectivity index (χ0n) is 7.37. The third kappa shape index (κ3) is 1.09. The van der Waals surface area contributed by atoms with Crippen LogP contribution in [0.3, 0.4) is 0 Å². The molecule has 2 rings (SSSR count). The molecule has 68 valence electrons. The second kappa shape index (κ2) is 2.93. The summed E-state index contributed by atoms with van der Waals surface area (Å²) >= 11 is 0. The molecule has 0 aliphatic heterocycles. The first-order valence-corrected chi connectivity index (χ1v) is 3.78. The Morgan fingerprint density at radius 2 is 2.00 bits per heavy atom. The van der Waals surface area contributed by atoms with Crippen molar-refractivity contribution in [1.82, 2.24) is 15.4 Å². The van der Waals surface area contributed by atoms with Gasteiger partial charge in [0.25, 0.3) is 0 Å². The highest BCUT2D eigenvalue weighted by Crippen LogP contribution is 2.32. The van der Waals surface area contributed by atoms with Crippen molar-refractivity contribution in [2.75, 3.05) is 14.2 Å². The van der Waals surface area contributed by atoms with Crippen LogP contribution in [0.1, 0.15) is 0 Å². The first-order valence-electron chi connectivity index (χ1n) is 3.78. The standard InChI is InChI=1S/C8H9N3O2/c1-12-6-4-3-5-7(8(6)13-2)10-11-9-5/h3-4H,1-2H3,(H,9,10,11). The van der Waals surface area contributed by atoms with Crippen LogP contribution in [0.25, 0.3) is 11.0 Å². The normalized spacial score (nSPS) is 10.3. The highest BCUT2D eigenvalue weighted by atomic mass is 16.5. The second-order valence-electron chi connectivity index (χ2n) is 2.49. The Bertz CT molecular complexity index is 424. The number of aromatic amines is 1. The molecule has 1 N–H and O–H groups in total. The largest absolute Gasteiger partial charge is 0.493 e. The zero-order valence-corrected chi connectivity index (χ0v) is 7.37. The fourth-order valence-corrected chi connectivity index (χ4v) is 1.23. The van der Waals surface area contributed by atoms with Gasteiger partial charge in [-0.1, -0.05) is 0 Å². The number of nitrogens with one attached hydrogen (secondary N) is 1. The van der Waals surface area contributed by atoms with Crippen molar-refractivity contribution in [3.05, 3.63) is 12.1 Å². The Kier molecular flexibility index (Phi) is 1.77. The van der Waals surface area contributed by atoms with Crippen LogP contribution in [0.4, 0.5) is 0 Å². The summed E-state index contributed by atoms with van der Waals surface area (Å²) in [5.74, 6) is 1.26. The van der Waals surface area contributed by atoms with Crippen molar-refractivity contribution in [3.8, 4) is 11.5 Å². The number of methoxy groups -OCH3 is 2. The summed E-state index contributed by atoms with van der Waals surface area (Å²) in [6.45, 7) is 0. The number of hydrogen-bond donors (Lipinski definition) is 1. The minimum absolute atomic E-state index is 0.605. The van der Waals surface area contributed by atoms with E-state index in [1.54, 1.807) is 20.3 Å². The minimum Gasteiger partial charge on any atom is -0.493 e. The molecule has 1 heterocycles. The lowest BCUT2D eigenvalue weighted by atomic mass is 10.2. The molecule has 0 spiro atoms. The topological polar surface area (TPSA) is 60.0 Å². The van der Waals surface area contributed by atoms with Crippen molar-refractivity contribution < 1.29 is 9.47 Å². The van der Waals surface area contributed by atoms with E-state index >= 15 is 0 Å². The molecule has 0 aliphatic rings. The van der Waals surface area contributed by atoms with Crippen molar-refractivity contribution in [1.29, 1.82) is 0 Å². The van der Waals surface area contributed by atoms with Gasteiger partial charge >= 0.3 is 0 Å². The van der Waals surface area contributed by atoms with Crippen LogP contribution >= 0.6 is 0 Å². The van der Waals surface area contributed by atoms with E-state index in [9.17, 15) is 0 Å². The number of nitrogens with zero attached hydrogens (tertiary/aromatic N) is 2. The molecule has 0 atom stereocenters. The smallest absolute Gasteiger partial charge is 0.190 e. The molecule has 0 saturated carbocycles. The maximum Gasteiger partial charge on any atom is 0.190 e. The predicted octanol–water partition coefficient (Wildman–Crippen LogP) is 0.975. The summed E-state index contributed by atoms with van der Waals surface area (Å²) in [7, 11) is 3.16. The van der Waals surface area contributed by atoms with Gasteiger partial charge in [0.2, 0.25) is 0 Å². The highest BCUT2D eigenvalue weighted by Gasteiger charge is 2.10. The number of ether oxygens (including phenoxy) is 2. The maximum absolute atomic E-state index is 5.16. The predicted molar refractivity (Wildman–Crippen MR) is 47.0 cm³/mol. The molecule has 0 radical (unpaired) electrons. The highest BCUT2D eigenvalue weighted by molar-refractivity contribution is 5.83. The number of aromatic nitrogens is 3. The van der Waals surface area contributed by atoms with Crippen LogP contribution in [0.5, 0.6) is 11.5 Å². The van der Waals surface area contributed by atoms with Crippen LogP contribution in [0.2, 0.25) is 0 Å². The summed E-state index contributed by atoms with van der Waals surface area (Å²) in [6.07, 6.45) is 0. The van der Waals surface area contributed by atoms with Crippen molar-refractivity contribution in [2.24, 2.45) is 0 Å². The van der Waals surface area contributed by atoms with Crippen LogP contribution in [-0.2, 0) is 0 Å². The van der Waals surface area contributed by atoms with E-state index in [0.717, 1.165) is 5.52 Å². The molecule has 1 aromatic heterocycles. The van der Waals surface area contributed by atoms with E-state index in [1.165, 1.54) is 0 Å². The van der Waals surface area contributed by atoms with Gasteiger partial charge in [-0.3, -0.25) is 0 Å². The molecule has 0 saturated heterocycles. The van der Waals surface area contributed by atoms with Gasteiger partial charge in [0.1, 0.15) is 5.52 Å². The number of fused-ring (bicyclic) bond motifs is 1. The van der Waals surface area contributed by atoms with Crippen molar-refractivity contribution >= 4 is 11.0 Å². The summed E-state index contributed by atoms with van der Waals surface area (Å²) < 4.78 is 10.3. The fourth-order valence-electron chi connectivity index (χ4n) is 1.23. The molecule has 13 heavy (non-hydrogen) atoms. The quantitative estimate of drug-likeness (QED) is 0.746. The Labute approximate surface area is 74.7 Å². The van der Waals surface area contributed by atoms with Gasteiger partial charge in [0.05, 0.1) is 14.2 Å². The summed E-state index contributed by atoms with van der Waals surface area (Å²) in [5, 5.41) is 10.4. The molecule has 0 bridgehead atoms. The maximum atomic E-state index is 5.16. The number of H-pyrrole nitrogens is 1. The summed E-state index contributed by atoms with van der Waals surface area (Å²) in [4.78, 5) is 0. The van der Waals surface area contributed by atoms with Gasteiger partial charge in [-0.05, 0) is 12.1 Å². The molecule has 5 nitrogen and oxygen atoms in total. The van der Waals surface area contributed by atoms with Crippen LogP contribution in [-0.4, -0.2) is 29.6 Å². The van der Waals surface area contributed by atoms with E-state index in [1.807, 2.05) is 6.07 Å². The molecule has 0 fully saturated rings. The fraction of sp³-hybridized carbons (Fsp3) is 0.250. The Morgan fingerprint density at radius 3 is 2.69 bits per heavy atom. The Balaban J connectivity index is 2.74. The van der Waals surface area contributed by atoms with Gasteiger partial charge in [0, 0.05) is 0 Å². The SMILES string of the molecule is COc1ccc2n[nH]nc2c1OC. The molecule has 0 amide bonds. The van der Waals surface area contributed by atoms with Gasteiger partial charge in [0.15, 0.2) is 17.0 Å². The van der Waals surface area contributed by atoms with E-state index in [0.29, 0.717) is 17.0 Å². The average molecular weight is 179 g/mol. The molecular weight excluding hydrogens is 170 g/mol. The molecule has 1 aromatic carbocycles. The van der Waals surface area contributed by atoms with Crippen LogP contribution in [0.15, 0.2) is 12.1 Å². The van der Waals surface area contributed by atoms with Gasteiger partial charge in [-0.15, -0.1) is 0 Å². The monoisotopic (exact) mass is 179 g/mol. The third-order valence-corrected chi connectivity index (χ3v) is 1.83. The average Bonchev–Trinajstić information content (AvgIpc) is 2.63. The third-order valence-electron chi connectivity index (χ3n) is 1.83. The van der Waals surface area contributed by atoms with E-state index in [2.05, 4.69) is 15.4 Å². The lowest BCUT2D eigenvalue weighted by molar-refractivity contribution is 0.358. The zero-order chi connectivity index (χ0) is 9.26. The lowest BCUT2D eigenvalue weighted by Crippen LogP contribution is -1.90. The van der Waals surface area contributed by atoms with Crippen molar-refractivity contribution in [3.63, 3.8) is 0 Å². The first kappa shape index (κ1) is 7.85. The summed E-state index contributed by atoms with van der Waals surface area (Å²) in [5.41, 5.74) is 1.44. The van der Waals surface area contributed by atoms with Crippen LogP contribution < -0.4 is 9.47 Å². The van der Waals surface area contributed by atoms with Gasteiger partial charge in [-0.2, -0.15) is 15.4 Å². The Morgan fingerprint density at radius 1 is 1.15 bits per heavy atom. The second-order valence-corrected chi connectivity index (χ2v) is 2.49. The lowest BCUT2D eigenvalue weighted by Gasteiger charge is -2.05. The molecular formula is C8H9N3O2. The van der Waals surface area contributed by atoms with E-state index < -0.39 is 0 Å². The molecule has 5 heteroatoms. The van der Waals surface area contributed by atoms with Crippen molar-refractivity contribution in [2.45, 2.75) is 0 Å². The summed E-state index contributed by atoms with van der Waals surface area (Å²) in [6, 6.07) is 3.61. The number of hydrogen-bond acceptors (Lipinski definition) is 4. The minimum atomic E-state index is 0.605. The molecule has 0 unspecified atom stereocenters. The van der Waals surface area contributed by atoms with E-state index in [-0.39, 0.29) is 0 Å². The number of benzene rings is 1. The first-order chi connectivity index (χ1) is 6.36. The van der Waals surface area contributed by atoms with Gasteiger partial charge in [-0.25, -0.2) is 0 Å². The number of rotatable bonds is 2.